The number of ether oxygens (including phenoxy) is 1. The van der Waals surface area contributed by atoms with Crippen LogP contribution in [0, 0.1) is 13.8 Å². The number of nitrogens with one attached hydrogen (secondary N) is 1. The molecule has 0 spiro atoms. The minimum atomic E-state index is -0.340. The van der Waals surface area contributed by atoms with Crippen molar-refractivity contribution in [3.8, 4) is 5.75 Å². The molecule has 6 nitrogen and oxygen atoms in total. The average molecular weight is 514 g/mol. The second-order valence-corrected chi connectivity index (χ2v) is 9.28. The quantitative estimate of drug-likeness (QED) is 0.338. The number of aromatic nitrogens is 3. The maximum Gasteiger partial charge on any atom is 0.234 e. The molecule has 0 saturated carbocycles. The van der Waals surface area contributed by atoms with E-state index in [9.17, 15) is 4.79 Å². The number of carbonyl (C=O) groups is 1. The van der Waals surface area contributed by atoms with Gasteiger partial charge in [0.05, 0.1) is 21.5 Å². The van der Waals surface area contributed by atoms with Gasteiger partial charge >= 0.3 is 0 Å². The van der Waals surface area contributed by atoms with Gasteiger partial charge in [-0.25, -0.2) is 0 Å². The highest BCUT2D eigenvalue weighted by Crippen LogP contribution is 2.31. The molecule has 3 aromatic rings. The first-order valence-electron chi connectivity index (χ1n) is 9.94. The lowest BCUT2D eigenvalue weighted by atomic mass is 10.1. The maximum absolute atomic E-state index is 12.4. The largest absolute Gasteiger partial charge is 0.483 e. The number of rotatable bonds is 8. The van der Waals surface area contributed by atoms with Crippen LogP contribution in [0.2, 0.25) is 15.1 Å². The van der Waals surface area contributed by atoms with E-state index in [0.29, 0.717) is 39.0 Å². The Bertz CT molecular complexity index is 1090. The summed E-state index contributed by atoms with van der Waals surface area (Å²) < 4.78 is 8.04. The van der Waals surface area contributed by atoms with Crippen LogP contribution in [0.3, 0.4) is 0 Å². The third-order valence-corrected chi connectivity index (χ3v) is 6.90. The van der Waals surface area contributed by atoms with E-state index in [1.54, 1.807) is 18.2 Å². The average Bonchev–Trinajstić information content (AvgIpc) is 3.16. The van der Waals surface area contributed by atoms with E-state index >= 15 is 0 Å². The van der Waals surface area contributed by atoms with Crippen molar-refractivity contribution >= 4 is 58.2 Å². The van der Waals surface area contributed by atoms with Gasteiger partial charge < -0.3 is 14.6 Å². The highest BCUT2D eigenvalue weighted by Gasteiger charge is 2.20. The fourth-order valence-corrected chi connectivity index (χ4v) is 4.57. The second kappa shape index (κ2) is 10.8. The molecule has 0 aliphatic carbocycles. The van der Waals surface area contributed by atoms with Gasteiger partial charge in [-0.1, -0.05) is 52.6 Å². The lowest BCUT2D eigenvalue weighted by Crippen LogP contribution is -2.16. The highest BCUT2D eigenvalue weighted by atomic mass is 35.5. The Morgan fingerprint density at radius 1 is 1.16 bits per heavy atom. The topological polar surface area (TPSA) is 69.0 Å². The molecule has 0 saturated heterocycles. The predicted molar refractivity (Wildman–Crippen MR) is 131 cm³/mol. The van der Waals surface area contributed by atoms with Crippen molar-refractivity contribution in [1.82, 2.24) is 14.8 Å². The van der Waals surface area contributed by atoms with Crippen LogP contribution in [-0.4, -0.2) is 26.4 Å². The number of halogens is 3. The number of carbonyl (C=O) groups excluding carboxylic acids is 1. The van der Waals surface area contributed by atoms with Gasteiger partial charge in [-0.15, -0.1) is 10.2 Å². The number of nitrogens with zero attached hydrogens (tertiary/aromatic N) is 3. The Morgan fingerprint density at radius 2 is 1.78 bits per heavy atom. The van der Waals surface area contributed by atoms with Crippen LogP contribution < -0.4 is 10.1 Å². The van der Waals surface area contributed by atoms with Crippen molar-refractivity contribution in [3.63, 3.8) is 0 Å². The van der Waals surface area contributed by atoms with Gasteiger partial charge in [0.1, 0.15) is 5.75 Å². The lowest BCUT2D eigenvalue weighted by Gasteiger charge is -2.17. The molecule has 1 atom stereocenters. The van der Waals surface area contributed by atoms with E-state index in [1.807, 2.05) is 44.4 Å². The van der Waals surface area contributed by atoms with Crippen molar-refractivity contribution in [2.24, 2.45) is 0 Å². The molecule has 1 N–H and O–H groups in total. The normalized spacial score (nSPS) is 12.0. The summed E-state index contributed by atoms with van der Waals surface area (Å²) in [6.07, 6.45) is -0.340. The summed E-state index contributed by atoms with van der Waals surface area (Å²) in [4.78, 5) is 12.4. The van der Waals surface area contributed by atoms with Crippen LogP contribution in [0.1, 0.15) is 36.9 Å². The van der Waals surface area contributed by atoms with Crippen molar-refractivity contribution in [2.75, 3.05) is 11.1 Å². The van der Waals surface area contributed by atoms with Crippen LogP contribution in [0.25, 0.3) is 0 Å². The number of aryl methyl sites for hydroxylation is 2. The molecule has 1 unspecified atom stereocenters. The van der Waals surface area contributed by atoms with Gasteiger partial charge in [-0.2, -0.15) is 0 Å². The maximum atomic E-state index is 12.4. The first-order chi connectivity index (χ1) is 15.2. The molecule has 1 aromatic heterocycles. The molecular weight excluding hydrogens is 491 g/mol. The molecule has 0 fully saturated rings. The van der Waals surface area contributed by atoms with Gasteiger partial charge in [-0.3, -0.25) is 4.79 Å². The van der Waals surface area contributed by atoms with Gasteiger partial charge in [0.25, 0.3) is 0 Å². The number of hydrogen-bond acceptors (Lipinski definition) is 5. The number of thioether (sulfide) groups is 1. The number of para-hydroxylation sites is 1. The number of benzene rings is 2. The third-order valence-electron chi connectivity index (χ3n) is 4.71. The molecular formula is C22H23Cl3N4O2S. The zero-order chi connectivity index (χ0) is 23.4. The molecule has 1 amide bonds. The van der Waals surface area contributed by atoms with E-state index in [0.717, 1.165) is 16.1 Å². The Morgan fingerprint density at radius 3 is 2.38 bits per heavy atom. The molecule has 3 rings (SSSR count). The van der Waals surface area contributed by atoms with Gasteiger partial charge in [0, 0.05) is 11.6 Å². The van der Waals surface area contributed by atoms with Crippen LogP contribution in [0.4, 0.5) is 5.69 Å². The first kappa shape index (κ1) is 24.7. The third kappa shape index (κ3) is 5.70. The molecule has 1 heterocycles. The lowest BCUT2D eigenvalue weighted by molar-refractivity contribution is -0.113. The Kier molecular flexibility index (Phi) is 8.33. The van der Waals surface area contributed by atoms with E-state index in [2.05, 4.69) is 15.5 Å². The van der Waals surface area contributed by atoms with Crippen molar-refractivity contribution in [2.45, 2.75) is 45.5 Å². The molecule has 170 valence electrons. The first-order valence-corrected chi connectivity index (χ1v) is 12.1. The summed E-state index contributed by atoms with van der Waals surface area (Å²) in [7, 11) is 0. The monoisotopic (exact) mass is 512 g/mol. The van der Waals surface area contributed by atoms with E-state index < -0.39 is 0 Å². The number of amides is 1. The zero-order valence-electron chi connectivity index (χ0n) is 18.1. The molecule has 0 aliphatic heterocycles. The summed E-state index contributed by atoms with van der Waals surface area (Å²) in [5.74, 6) is 1.28. The molecule has 0 radical (unpaired) electrons. The van der Waals surface area contributed by atoms with Crippen LogP contribution in [-0.2, 0) is 11.3 Å². The van der Waals surface area contributed by atoms with Gasteiger partial charge in [-0.05, 0) is 63.1 Å². The summed E-state index contributed by atoms with van der Waals surface area (Å²) in [5, 5.41) is 13.4. The second-order valence-electron chi connectivity index (χ2n) is 7.15. The van der Waals surface area contributed by atoms with E-state index in [4.69, 9.17) is 39.5 Å². The minimum Gasteiger partial charge on any atom is -0.483 e. The molecule has 2 aromatic carbocycles. The number of anilines is 1. The molecule has 0 aliphatic rings. The molecule has 0 bridgehead atoms. The standard InChI is InChI=1S/C22H23Cl3N4O2S/c1-5-29-21(14(4)31-15-9-12(2)19(25)13(3)10-15)27-28-22(29)32-11-18(30)26-20-16(23)7-6-8-17(20)24/h6-10,14H,5,11H2,1-4H3,(H,26,30). The van der Waals surface area contributed by atoms with Gasteiger partial charge in [0.2, 0.25) is 5.91 Å². The highest BCUT2D eigenvalue weighted by molar-refractivity contribution is 7.99. The summed E-state index contributed by atoms with van der Waals surface area (Å²) in [5.41, 5.74) is 2.30. The number of hydrogen-bond donors (Lipinski definition) is 1. The minimum absolute atomic E-state index is 0.129. The predicted octanol–water partition coefficient (Wildman–Crippen LogP) is 6.75. The summed E-state index contributed by atoms with van der Waals surface area (Å²) >= 11 is 19.8. The molecule has 10 heteroatoms. The zero-order valence-corrected chi connectivity index (χ0v) is 21.2. The Hall–Kier alpha value is -1.93. The van der Waals surface area contributed by atoms with Crippen LogP contribution >= 0.6 is 46.6 Å². The van der Waals surface area contributed by atoms with Crippen molar-refractivity contribution in [1.29, 1.82) is 0 Å². The fourth-order valence-electron chi connectivity index (χ4n) is 3.16. The summed E-state index contributed by atoms with van der Waals surface area (Å²) in [6.45, 7) is 8.42. The smallest absolute Gasteiger partial charge is 0.234 e. The molecule has 32 heavy (non-hydrogen) atoms. The van der Waals surface area contributed by atoms with Crippen LogP contribution in [0.15, 0.2) is 35.5 Å². The van der Waals surface area contributed by atoms with E-state index in [-0.39, 0.29) is 17.8 Å². The van der Waals surface area contributed by atoms with Gasteiger partial charge in [0.15, 0.2) is 17.1 Å². The Balaban J connectivity index is 1.68. The SMILES string of the molecule is CCn1c(SCC(=O)Nc2c(Cl)cccc2Cl)nnc1C(C)Oc1cc(C)c(Cl)c(C)c1. The Labute approximate surface area is 206 Å². The summed E-state index contributed by atoms with van der Waals surface area (Å²) in [6, 6.07) is 8.86. The van der Waals surface area contributed by atoms with Crippen LogP contribution in [0.5, 0.6) is 5.75 Å². The van der Waals surface area contributed by atoms with Crippen molar-refractivity contribution < 1.29 is 9.53 Å². The fraction of sp³-hybridized carbons (Fsp3) is 0.318. The van der Waals surface area contributed by atoms with E-state index in [1.165, 1.54) is 11.8 Å². The van der Waals surface area contributed by atoms with Crippen molar-refractivity contribution in [3.05, 3.63) is 62.4 Å².